The molecule has 2 fully saturated rings. The number of amides is 1. The van der Waals surface area contributed by atoms with Crippen LogP contribution >= 0.6 is 0 Å². The zero-order valence-corrected chi connectivity index (χ0v) is 18.6. The first-order valence-electron chi connectivity index (χ1n) is 10.7. The maximum atomic E-state index is 12.9. The summed E-state index contributed by atoms with van der Waals surface area (Å²) in [5.74, 6) is -0.0628. The van der Waals surface area contributed by atoms with E-state index in [0.717, 1.165) is 44.6 Å². The van der Waals surface area contributed by atoms with E-state index in [4.69, 9.17) is 4.74 Å². The van der Waals surface area contributed by atoms with Crippen molar-refractivity contribution in [2.45, 2.75) is 30.8 Å². The summed E-state index contributed by atoms with van der Waals surface area (Å²) < 4.78 is 33.5. The molecular weight excluding hydrogens is 414 g/mol. The minimum Gasteiger partial charge on any atom is -0.377 e. The van der Waals surface area contributed by atoms with E-state index in [-0.39, 0.29) is 10.8 Å². The normalized spacial score (nSPS) is 20.0. The van der Waals surface area contributed by atoms with Gasteiger partial charge in [-0.15, -0.1) is 0 Å². The highest BCUT2D eigenvalue weighted by Crippen LogP contribution is 2.19. The maximum Gasteiger partial charge on any atom is 0.261 e. The van der Waals surface area contributed by atoms with Crippen LogP contribution in [0.15, 0.2) is 53.4 Å². The van der Waals surface area contributed by atoms with Crippen molar-refractivity contribution in [3.63, 3.8) is 0 Å². The van der Waals surface area contributed by atoms with E-state index in [0.29, 0.717) is 30.4 Å². The average molecular weight is 444 g/mol. The zero-order valence-electron chi connectivity index (χ0n) is 17.8. The topological polar surface area (TPSA) is 79.0 Å². The van der Waals surface area contributed by atoms with Crippen LogP contribution in [0.3, 0.4) is 0 Å². The number of rotatable bonds is 6. The summed E-state index contributed by atoms with van der Waals surface area (Å²) >= 11 is 0. The van der Waals surface area contributed by atoms with Crippen molar-refractivity contribution in [1.29, 1.82) is 0 Å². The summed E-state index contributed by atoms with van der Waals surface area (Å²) in [5, 5.41) is 0. The average Bonchev–Trinajstić information content (AvgIpc) is 3.28. The van der Waals surface area contributed by atoms with Gasteiger partial charge in [-0.3, -0.25) is 14.4 Å². The Morgan fingerprint density at radius 2 is 1.71 bits per heavy atom. The van der Waals surface area contributed by atoms with Crippen molar-refractivity contribution in [2.24, 2.45) is 0 Å². The van der Waals surface area contributed by atoms with Crippen molar-refractivity contribution < 1.29 is 17.9 Å². The first-order chi connectivity index (χ1) is 14.9. The van der Waals surface area contributed by atoms with Gasteiger partial charge in [-0.2, -0.15) is 0 Å². The number of sulfonamides is 1. The Kier molecular flexibility index (Phi) is 6.60. The predicted molar refractivity (Wildman–Crippen MR) is 120 cm³/mol. The highest BCUT2D eigenvalue weighted by atomic mass is 32.2. The molecule has 8 heteroatoms. The van der Waals surface area contributed by atoms with Crippen LogP contribution in [-0.4, -0.2) is 69.6 Å². The molecule has 0 spiro atoms. The van der Waals surface area contributed by atoms with Gasteiger partial charge in [0, 0.05) is 50.6 Å². The lowest BCUT2D eigenvalue weighted by Crippen LogP contribution is -2.50. The first-order valence-corrected chi connectivity index (χ1v) is 12.2. The number of hydrogen-bond acceptors (Lipinski definition) is 5. The van der Waals surface area contributed by atoms with Gasteiger partial charge in [0.1, 0.15) is 0 Å². The Morgan fingerprint density at radius 1 is 1.03 bits per heavy atom. The Balaban J connectivity index is 1.34. The molecule has 1 atom stereocenters. The molecule has 0 radical (unpaired) electrons. The Bertz CT molecular complexity index is 992. The van der Waals surface area contributed by atoms with Crippen LogP contribution in [0.2, 0.25) is 0 Å². The molecule has 2 aromatic carbocycles. The lowest BCUT2D eigenvalue weighted by molar-refractivity contribution is 0.0432. The van der Waals surface area contributed by atoms with Gasteiger partial charge in [-0.1, -0.05) is 17.7 Å². The number of nitrogens with one attached hydrogen (secondary N) is 1. The van der Waals surface area contributed by atoms with Gasteiger partial charge < -0.3 is 9.64 Å². The van der Waals surface area contributed by atoms with Crippen molar-refractivity contribution in [2.75, 3.05) is 44.1 Å². The summed E-state index contributed by atoms with van der Waals surface area (Å²) in [7, 11) is -3.71. The van der Waals surface area contributed by atoms with Crippen LogP contribution < -0.4 is 4.72 Å². The molecule has 2 heterocycles. The van der Waals surface area contributed by atoms with E-state index in [1.165, 1.54) is 12.1 Å². The number of benzene rings is 2. The van der Waals surface area contributed by atoms with Crippen LogP contribution in [0.4, 0.5) is 5.69 Å². The number of anilines is 1. The third-order valence-electron chi connectivity index (χ3n) is 5.86. The van der Waals surface area contributed by atoms with Gasteiger partial charge in [0.25, 0.3) is 15.9 Å². The predicted octanol–water partition coefficient (Wildman–Crippen LogP) is 2.73. The maximum absolute atomic E-state index is 12.9. The van der Waals surface area contributed by atoms with Gasteiger partial charge in [0.05, 0.1) is 11.0 Å². The van der Waals surface area contributed by atoms with Crippen LogP contribution in [0, 0.1) is 6.92 Å². The molecular formula is C23H29N3O4S. The molecule has 166 valence electrons. The van der Waals surface area contributed by atoms with Gasteiger partial charge in [0.15, 0.2) is 0 Å². The molecule has 7 nitrogen and oxygen atoms in total. The molecule has 2 aliphatic rings. The lowest BCUT2D eigenvalue weighted by Gasteiger charge is -2.35. The smallest absolute Gasteiger partial charge is 0.261 e. The quantitative estimate of drug-likeness (QED) is 0.743. The van der Waals surface area contributed by atoms with E-state index >= 15 is 0 Å². The van der Waals surface area contributed by atoms with E-state index in [2.05, 4.69) is 9.62 Å². The molecule has 31 heavy (non-hydrogen) atoms. The van der Waals surface area contributed by atoms with Crippen molar-refractivity contribution in [3.05, 3.63) is 59.7 Å². The zero-order chi connectivity index (χ0) is 21.8. The minimum atomic E-state index is -3.71. The summed E-state index contributed by atoms with van der Waals surface area (Å²) in [5.41, 5.74) is 2.06. The second-order valence-electron chi connectivity index (χ2n) is 8.22. The minimum absolute atomic E-state index is 0.0628. The third kappa shape index (κ3) is 5.44. The summed E-state index contributed by atoms with van der Waals surface area (Å²) in [4.78, 5) is 17.2. The molecule has 0 bridgehead atoms. The fourth-order valence-corrected chi connectivity index (χ4v) is 5.06. The molecule has 1 unspecified atom stereocenters. The monoisotopic (exact) mass is 443 g/mol. The number of ether oxygens (including phenoxy) is 1. The summed E-state index contributed by atoms with van der Waals surface area (Å²) in [6.07, 6.45) is 2.58. The standard InChI is InChI=1S/C23H29N3O4S/c1-18-4-8-20(9-5-18)24-31(28,29)22-10-6-19(7-11-22)23(27)26-14-12-25(13-15-26)17-21-3-2-16-30-21/h4-11,21,24H,2-3,12-17H2,1H3. The molecule has 2 aliphatic heterocycles. The lowest BCUT2D eigenvalue weighted by atomic mass is 10.1. The van der Waals surface area contributed by atoms with Gasteiger partial charge in [-0.05, 0) is 56.2 Å². The molecule has 4 rings (SSSR count). The fourth-order valence-electron chi connectivity index (χ4n) is 4.00. The molecule has 2 aromatic rings. The SMILES string of the molecule is Cc1ccc(NS(=O)(=O)c2ccc(C(=O)N3CCN(CC4CCCO4)CC3)cc2)cc1. The van der Waals surface area contributed by atoms with Crippen molar-refractivity contribution in [1.82, 2.24) is 9.80 Å². The second-order valence-corrected chi connectivity index (χ2v) is 9.91. The first kappa shape index (κ1) is 21.8. The number of carbonyl (C=O) groups excluding carboxylic acids is 1. The molecule has 1 amide bonds. The van der Waals surface area contributed by atoms with Gasteiger partial charge in [0.2, 0.25) is 0 Å². The number of carbonyl (C=O) groups is 1. The number of hydrogen-bond donors (Lipinski definition) is 1. The van der Waals surface area contributed by atoms with Crippen molar-refractivity contribution >= 4 is 21.6 Å². The molecule has 0 aromatic heterocycles. The van der Waals surface area contributed by atoms with Crippen LogP contribution in [0.5, 0.6) is 0 Å². The number of nitrogens with zero attached hydrogens (tertiary/aromatic N) is 2. The van der Waals surface area contributed by atoms with E-state index in [9.17, 15) is 13.2 Å². The van der Waals surface area contributed by atoms with Crippen LogP contribution in [0.1, 0.15) is 28.8 Å². The molecule has 0 aliphatic carbocycles. The van der Waals surface area contributed by atoms with E-state index < -0.39 is 10.0 Å². The van der Waals surface area contributed by atoms with Crippen LogP contribution in [-0.2, 0) is 14.8 Å². The Labute approximate surface area is 184 Å². The Hall–Kier alpha value is -2.42. The van der Waals surface area contributed by atoms with Crippen molar-refractivity contribution in [3.8, 4) is 0 Å². The highest BCUT2D eigenvalue weighted by Gasteiger charge is 2.25. The molecule has 2 saturated heterocycles. The number of aryl methyl sites for hydroxylation is 1. The van der Waals surface area contributed by atoms with Gasteiger partial charge in [-0.25, -0.2) is 8.42 Å². The van der Waals surface area contributed by atoms with E-state index in [1.807, 2.05) is 24.0 Å². The Morgan fingerprint density at radius 3 is 2.32 bits per heavy atom. The summed E-state index contributed by atoms with van der Waals surface area (Å²) in [6, 6.07) is 13.3. The van der Waals surface area contributed by atoms with E-state index in [1.54, 1.807) is 24.3 Å². The number of piperazine rings is 1. The van der Waals surface area contributed by atoms with Crippen LogP contribution in [0.25, 0.3) is 0 Å². The third-order valence-corrected chi connectivity index (χ3v) is 7.26. The molecule has 0 saturated carbocycles. The second kappa shape index (κ2) is 9.38. The summed E-state index contributed by atoms with van der Waals surface area (Å²) in [6.45, 7) is 6.73. The molecule has 1 N–H and O–H groups in total. The fraction of sp³-hybridized carbons (Fsp3) is 0.435. The van der Waals surface area contributed by atoms with Gasteiger partial charge >= 0.3 is 0 Å². The highest BCUT2D eigenvalue weighted by molar-refractivity contribution is 7.92. The largest absolute Gasteiger partial charge is 0.377 e.